The predicted octanol–water partition coefficient (Wildman–Crippen LogP) is 0.598. The molecule has 12 heavy (non-hydrogen) atoms. The van der Waals surface area contributed by atoms with Crippen molar-refractivity contribution in [3.05, 3.63) is 0 Å². The Hall–Kier alpha value is -0.220. The molecule has 0 aromatic carbocycles. The number of thiol groups is 1. The first kappa shape index (κ1) is 9.86. The summed E-state index contributed by atoms with van der Waals surface area (Å²) in [6.07, 6.45) is 2.20. The first-order valence-electron chi connectivity index (χ1n) is 4.14. The lowest BCUT2D eigenvalue weighted by molar-refractivity contribution is -0.122. The molecule has 4 heteroatoms. The van der Waals surface area contributed by atoms with Crippen molar-refractivity contribution >= 4 is 18.5 Å². The van der Waals surface area contributed by atoms with Gasteiger partial charge in [0.25, 0.3) is 0 Å². The van der Waals surface area contributed by atoms with Gasteiger partial charge in [0.2, 0.25) is 5.91 Å². The summed E-state index contributed by atoms with van der Waals surface area (Å²) in [5.41, 5.74) is 0. The summed E-state index contributed by atoms with van der Waals surface area (Å²) >= 11 is 4.03. The number of rotatable bonds is 3. The van der Waals surface area contributed by atoms with E-state index in [1.165, 1.54) is 0 Å². The number of carbonyl (C=O) groups excluding carboxylic acids is 1. The first-order valence-corrected chi connectivity index (χ1v) is 4.66. The Labute approximate surface area is 78.3 Å². The van der Waals surface area contributed by atoms with Crippen LogP contribution >= 0.6 is 12.6 Å². The summed E-state index contributed by atoms with van der Waals surface area (Å²) in [7, 11) is 1.70. The van der Waals surface area contributed by atoms with Gasteiger partial charge in [0.05, 0.1) is 11.4 Å². The summed E-state index contributed by atoms with van der Waals surface area (Å²) in [6.45, 7) is 1.77. The number of hydrogen-bond donors (Lipinski definition) is 2. The van der Waals surface area contributed by atoms with Crippen molar-refractivity contribution in [3.63, 3.8) is 0 Å². The highest BCUT2D eigenvalue weighted by Crippen LogP contribution is 2.22. The number of hydrogen-bond acceptors (Lipinski definition) is 3. The van der Waals surface area contributed by atoms with Gasteiger partial charge in [0.15, 0.2) is 0 Å². The highest BCUT2D eigenvalue weighted by molar-refractivity contribution is 7.81. The molecule has 0 bridgehead atoms. The van der Waals surface area contributed by atoms with E-state index in [0.29, 0.717) is 12.1 Å². The minimum atomic E-state index is -0.216. The SMILES string of the molecule is COC1CC(NC(=O)C(C)S)C1. The van der Waals surface area contributed by atoms with Crippen LogP contribution in [0, 0.1) is 0 Å². The van der Waals surface area contributed by atoms with Crippen molar-refractivity contribution in [2.24, 2.45) is 0 Å². The largest absolute Gasteiger partial charge is 0.381 e. The molecule has 1 fully saturated rings. The zero-order valence-electron chi connectivity index (χ0n) is 7.41. The zero-order valence-corrected chi connectivity index (χ0v) is 8.30. The van der Waals surface area contributed by atoms with Gasteiger partial charge in [-0.1, -0.05) is 0 Å². The number of nitrogens with one attached hydrogen (secondary N) is 1. The van der Waals surface area contributed by atoms with Crippen LogP contribution in [-0.4, -0.2) is 30.4 Å². The monoisotopic (exact) mass is 189 g/mol. The van der Waals surface area contributed by atoms with Gasteiger partial charge in [-0.25, -0.2) is 0 Å². The molecule has 0 radical (unpaired) electrons. The molecule has 1 atom stereocenters. The van der Waals surface area contributed by atoms with Gasteiger partial charge < -0.3 is 10.1 Å². The average Bonchev–Trinajstić information content (AvgIpc) is 1.94. The second-order valence-corrected chi connectivity index (χ2v) is 3.99. The van der Waals surface area contributed by atoms with Crippen LogP contribution in [0.3, 0.4) is 0 Å². The minimum absolute atomic E-state index is 0.0119. The molecule has 70 valence electrons. The van der Waals surface area contributed by atoms with Crippen LogP contribution < -0.4 is 5.32 Å². The Morgan fingerprint density at radius 3 is 2.67 bits per heavy atom. The Morgan fingerprint density at radius 1 is 1.67 bits per heavy atom. The molecular formula is C8H15NO2S. The fourth-order valence-corrected chi connectivity index (χ4v) is 1.27. The second kappa shape index (κ2) is 4.14. The molecule has 0 heterocycles. The molecule has 0 saturated heterocycles. The number of methoxy groups -OCH3 is 1. The molecule has 1 aliphatic rings. The van der Waals surface area contributed by atoms with Crippen molar-refractivity contribution in [2.45, 2.75) is 37.2 Å². The molecule has 1 rings (SSSR count). The first-order chi connectivity index (χ1) is 5.63. The van der Waals surface area contributed by atoms with Crippen molar-refractivity contribution < 1.29 is 9.53 Å². The van der Waals surface area contributed by atoms with Gasteiger partial charge in [-0.2, -0.15) is 12.6 Å². The zero-order chi connectivity index (χ0) is 9.14. The topological polar surface area (TPSA) is 38.3 Å². The highest BCUT2D eigenvalue weighted by atomic mass is 32.1. The van der Waals surface area contributed by atoms with E-state index in [4.69, 9.17) is 4.74 Å². The van der Waals surface area contributed by atoms with Crippen molar-refractivity contribution in [1.29, 1.82) is 0 Å². The average molecular weight is 189 g/mol. The Bertz CT molecular complexity index is 166. The molecule has 3 nitrogen and oxygen atoms in total. The summed E-state index contributed by atoms with van der Waals surface area (Å²) in [5, 5.41) is 2.67. The Kier molecular flexibility index (Phi) is 3.40. The van der Waals surface area contributed by atoms with Crippen molar-refractivity contribution in [1.82, 2.24) is 5.32 Å². The molecule has 1 unspecified atom stereocenters. The predicted molar refractivity (Wildman–Crippen MR) is 50.4 cm³/mol. The maximum absolute atomic E-state index is 11.1. The third-order valence-corrected chi connectivity index (χ3v) is 2.39. The van der Waals surface area contributed by atoms with E-state index < -0.39 is 0 Å². The molecule has 0 aromatic heterocycles. The van der Waals surface area contributed by atoms with E-state index in [2.05, 4.69) is 17.9 Å². The van der Waals surface area contributed by atoms with E-state index in [1.807, 2.05) is 0 Å². The number of ether oxygens (including phenoxy) is 1. The van der Waals surface area contributed by atoms with E-state index in [9.17, 15) is 4.79 Å². The number of amides is 1. The van der Waals surface area contributed by atoms with Crippen LogP contribution in [-0.2, 0) is 9.53 Å². The van der Waals surface area contributed by atoms with Crippen LogP contribution in [0.15, 0.2) is 0 Å². The van der Waals surface area contributed by atoms with E-state index in [-0.39, 0.29) is 11.2 Å². The van der Waals surface area contributed by atoms with Crippen LogP contribution in [0.1, 0.15) is 19.8 Å². The van der Waals surface area contributed by atoms with Crippen molar-refractivity contribution in [3.8, 4) is 0 Å². The maximum atomic E-state index is 11.1. The van der Waals surface area contributed by atoms with E-state index in [0.717, 1.165) is 12.8 Å². The molecule has 1 amide bonds. The van der Waals surface area contributed by atoms with Gasteiger partial charge in [-0.15, -0.1) is 0 Å². The third kappa shape index (κ3) is 2.38. The maximum Gasteiger partial charge on any atom is 0.232 e. The van der Waals surface area contributed by atoms with Gasteiger partial charge in [-0.05, 0) is 19.8 Å². The van der Waals surface area contributed by atoms with Gasteiger partial charge in [0, 0.05) is 13.2 Å². The molecule has 1 aliphatic carbocycles. The standard InChI is InChI=1S/C8H15NO2S/c1-5(12)8(10)9-6-3-7(4-6)11-2/h5-7,12H,3-4H2,1-2H3,(H,9,10). The van der Waals surface area contributed by atoms with Crippen LogP contribution in [0.5, 0.6) is 0 Å². The summed E-state index contributed by atoms with van der Waals surface area (Å²) < 4.78 is 5.09. The van der Waals surface area contributed by atoms with Crippen LogP contribution in [0.25, 0.3) is 0 Å². The summed E-state index contributed by atoms with van der Waals surface area (Å²) in [4.78, 5) is 11.1. The summed E-state index contributed by atoms with van der Waals surface area (Å²) in [6, 6.07) is 0.303. The summed E-state index contributed by atoms with van der Waals surface area (Å²) in [5.74, 6) is 0.0119. The Morgan fingerprint density at radius 2 is 2.25 bits per heavy atom. The quantitative estimate of drug-likeness (QED) is 0.638. The van der Waals surface area contributed by atoms with Crippen molar-refractivity contribution in [2.75, 3.05) is 7.11 Å². The van der Waals surface area contributed by atoms with E-state index >= 15 is 0 Å². The fraction of sp³-hybridized carbons (Fsp3) is 0.875. The molecule has 0 aromatic rings. The Balaban J connectivity index is 2.14. The molecule has 0 aliphatic heterocycles. The van der Waals surface area contributed by atoms with Gasteiger partial charge in [-0.3, -0.25) is 4.79 Å². The molecular weight excluding hydrogens is 174 g/mol. The third-order valence-electron chi connectivity index (χ3n) is 2.15. The van der Waals surface area contributed by atoms with Gasteiger partial charge in [0.1, 0.15) is 0 Å². The lowest BCUT2D eigenvalue weighted by atomic mass is 9.89. The second-order valence-electron chi connectivity index (χ2n) is 3.21. The smallest absolute Gasteiger partial charge is 0.232 e. The minimum Gasteiger partial charge on any atom is -0.381 e. The van der Waals surface area contributed by atoms with Crippen LogP contribution in [0.4, 0.5) is 0 Å². The van der Waals surface area contributed by atoms with Crippen LogP contribution in [0.2, 0.25) is 0 Å². The molecule has 1 saturated carbocycles. The molecule has 0 spiro atoms. The lowest BCUT2D eigenvalue weighted by Gasteiger charge is -2.34. The normalized spacial score (nSPS) is 30.6. The number of carbonyl (C=O) groups is 1. The molecule has 1 N–H and O–H groups in total. The lowest BCUT2D eigenvalue weighted by Crippen LogP contribution is -2.49. The van der Waals surface area contributed by atoms with E-state index in [1.54, 1.807) is 14.0 Å². The highest BCUT2D eigenvalue weighted by Gasteiger charge is 2.30. The fourth-order valence-electron chi connectivity index (χ4n) is 1.20. The van der Waals surface area contributed by atoms with Gasteiger partial charge >= 0.3 is 0 Å².